The molecule has 0 aromatic heterocycles. The van der Waals surface area contributed by atoms with E-state index in [0.717, 1.165) is 64.7 Å². The quantitative estimate of drug-likeness (QED) is 0.362. The molecule has 5 aliphatic rings. The van der Waals surface area contributed by atoms with Crippen molar-refractivity contribution >= 4 is 22.8 Å². The molecule has 256 valence electrons. The molecule has 5 aliphatic heterocycles. The van der Waals surface area contributed by atoms with Gasteiger partial charge in [0.1, 0.15) is 0 Å². The van der Waals surface area contributed by atoms with Gasteiger partial charge in [-0.1, -0.05) is 12.8 Å². The van der Waals surface area contributed by atoms with Crippen LogP contribution in [0.5, 0.6) is 0 Å². The van der Waals surface area contributed by atoms with Crippen molar-refractivity contribution in [3.63, 3.8) is 0 Å². The normalized spacial score (nSPS) is 36.3. The van der Waals surface area contributed by atoms with E-state index >= 15 is 0 Å². The van der Waals surface area contributed by atoms with Crippen LogP contribution in [0.2, 0.25) is 0 Å². The van der Waals surface area contributed by atoms with Gasteiger partial charge >= 0.3 is 7.66 Å². The Morgan fingerprint density at radius 3 is 1.02 bits per heavy atom. The summed E-state index contributed by atoms with van der Waals surface area (Å²) in [5.41, 5.74) is 0. The number of fused-ring (bicyclic) bond motifs is 1. The summed E-state index contributed by atoms with van der Waals surface area (Å²) in [6, 6.07) is 0. The van der Waals surface area contributed by atoms with E-state index in [4.69, 9.17) is 60.1 Å². The van der Waals surface area contributed by atoms with Gasteiger partial charge in [0.15, 0.2) is 0 Å². The SMILES string of the molecule is C1CCN([P@]23=N[P@@]4(=N[P@@](N5CCCCC5)(=N2)OCCOCCOCCOCCO4)OCCOCCOCCOCCO3)CC1. The number of piperidine rings is 2. The zero-order valence-electron chi connectivity index (χ0n) is 26.0. The molecular formula is C26H52N5O10P3. The zero-order chi connectivity index (χ0) is 30.2. The Bertz CT molecular complexity index is 957. The Labute approximate surface area is 262 Å². The third kappa shape index (κ3) is 10.6. The predicted octanol–water partition coefficient (Wildman–Crippen LogP) is 5.00. The summed E-state index contributed by atoms with van der Waals surface area (Å²) in [6.07, 6.45) is 6.50. The molecule has 0 N–H and O–H groups in total. The van der Waals surface area contributed by atoms with E-state index in [9.17, 15) is 0 Å². The van der Waals surface area contributed by atoms with Crippen LogP contribution in [-0.2, 0) is 46.5 Å². The van der Waals surface area contributed by atoms with Crippen molar-refractivity contribution in [1.82, 2.24) is 9.34 Å². The van der Waals surface area contributed by atoms with Crippen molar-refractivity contribution in [2.24, 2.45) is 13.5 Å². The summed E-state index contributed by atoms with van der Waals surface area (Å²) < 4.78 is 82.6. The van der Waals surface area contributed by atoms with Crippen LogP contribution in [0.3, 0.4) is 0 Å². The van der Waals surface area contributed by atoms with E-state index in [1.807, 2.05) is 0 Å². The van der Waals surface area contributed by atoms with Gasteiger partial charge < -0.3 is 46.5 Å². The summed E-state index contributed by atoms with van der Waals surface area (Å²) in [7, 11) is -9.44. The number of ether oxygens (including phenoxy) is 6. The fraction of sp³-hybridized carbons (Fsp3) is 1.00. The van der Waals surface area contributed by atoms with Gasteiger partial charge in [-0.15, -0.1) is 0 Å². The molecule has 3 bridgehead atoms. The standard InChI is InChI=1S/C26H52N5O10P3/c1-3-7-30(8-4-1)42-27-43(31-9-5-2-6-10-31)29-44(28-42,40-25-21-36-17-13-32-11-15-34-19-23-38-42)41-26-22-37-18-14-33-12-16-35-20-24-39-43/h1-26H2/t42-,43-,44-/m1/s1. The first-order chi connectivity index (χ1) is 21.7. The molecule has 0 aromatic rings. The highest BCUT2D eigenvalue weighted by Gasteiger charge is 2.47. The maximum atomic E-state index is 6.85. The first-order valence-corrected chi connectivity index (χ1v) is 20.9. The highest BCUT2D eigenvalue weighted by atomic mass is 31.3. The summed E-state index contributed by atoms with van der Waals surface area (Å²) in [5, 5.41) is 0. The zero-order valence-corrected chi connectivity index (χ0v) is 28.7. The van der Waals surface area contributed by atoms with E-state index in [0.29, 0.717) is 92.5 Å². The van der Waals surface area contributed by atoms with Crippen LogP contribution >= 0.6 is 22.8 Å². The lowest BCUT2D eigenvalue weighted by Gasteiger charge is -2.43. The fourth-order valence-electron chi connectivity index (χ4n) is 5.36. The van der Waals surface area contributed by atoms with Crippen LogP contribution in [0.15, 0.2) is 13.5 Å². The van der Waals surface area contributed by atoms with Gasteiger partial charge in [0.25, 0.3) is 15.2 Å². The van der Waals surface area contributed by atoms with Crippen LogP contribution in [0, 0.1) is 0 Å². The minimum Gasteiger partial charge on any atom is -0.377 e. The Balaban J connectivity index is 1.60. The molecule has 0 radical (unpaired) electrons. The van der Waals surface area contributed by atoms with Gasteiger partial charge in [-0.2, -0.15) is 13.5 Å². The van der Waals surface area contributed by atoms with E-state index in [2.05, 4.69) is 9.34 Å². The first kappa shape index (κ1) is 35.5. The van der Waals surface area contributed by atoms with Crippen molar-refractivity contribution in [2.75, 3.05) is 132 Å². The van der Waals surface area contributed by atoms with Gasteiger partial charge in [0, 0.05) is 26.2 Å². The third-order valence-corrected chi connectivity index (χ3v) is 17.4. The lowest BCUT2D eigenvalue weighted by Crippen LogP contribution is -2.31. The summed E-state index contributed by atoms with van der Waals surface area (Å²) in [4.78, 5) is 0. The van der Waals surface area contributed by atoms with Gasteiger partial charge in [0.2, 0.25) is 0 Å². The van der Waals surface area contributed by atoms with E-state index in [1.54, 1.807) is 0 Å². The fourth-order valence-corrected chi connectivity index (χ4v) is 17.1. The van der Waals surface area contributed by atoms with Crippen molar-refractivity contribution in [3.8, 4) is 0 Å². The molecule has 2 fully saturated rings. The Hall–Kier alpha value is 0.210. The van der Waals surface area contributed by atoms with Crippen molar-refractivity contribution in [1.29, 1.82) is 0 Å². The minimum absolute atomic E-state index is 0.252. The average molecular weight is 688 g/mol. The average Bonchev–Trinajstić information content (AvgIpc) is 3.05. The highest BCUT2D eigenvalue weighted by Crippen LogP contribution is 2.81. The molecule has 0 aromatic carbocycles. The Morgan fingerprint density at radius 2 is 0.636 bits per heavy atom. The molecule has 44 heavy (non-hydrogen) atoms. The second-order valence-electron chi connectivity index (χ2n) is 10.8. The second-order valence-corrected chi connectivity index (χ2v) is 18.2. The molecule has 2 saturated heterocycles. The molecule has 0 unspecified atom stereocenters. The van der Waals surface area contributed by atoms with Gasteiger partial charge in [-0.25, -0.2) is 9.34 Å². The molecule has 3 atom stereocenters. The maximum absolute atomic E-state index is 6.85. The second kappa shape index (κ2) is 19.3. The predicted molar refractivity (Wildman–Crippen MR) is 168 cm³/mol. The molecule has 5 heterocycles. The maximum Gasteiger partial charge on any atom is 0.347 e. The molecule has 15 nitrogen and oxygen atoms in total. The Morgan fingerprint density at radius 1 is 0.318 bits per heavy atom. The summed E-state index contributed by atoms with van der Waals surface area (Å²) >= 11 is 0. The van der Waals surface area contributed by atoms with E-state index in [-0.39, 0.29) is 13.2 Å². The van der Waals surface area contributed by atoms with E-state index in [1.165, 1.54) is 0 Å². The number of hydrogen-bond donors (Lipinski definition) is 0. The Kier molecular flexibility index (Phi) is 15.6. The van der Waals surface area contributed by atoms with Crippen LogP contribution in [0.1, 0.15) is 38.5 Å². The molecule has 5 rings (SSSR count). The van der Waals surface area contributed by atoms with Gasteiger partial charge in [0.05, 0.1) is 106 Å². The smallest absolute Gasteiger partial charge is 0.347 e. The summed E-state index contributed by atoms with van der Waals surface area (Å²) in [6.45, 7) is 9.75. The van der Waals surface area contributed by atoms with Crippen molar-refractivity contribution in [3.05, 3.63) is 0 Å². The topological polar surface area (TPSA) is 136 Å². The van der Waals surface area contributed by atoms with Gasteiger partial charge in [-0.05, 0) is 25.7 Å². The molecular weight excluding hydrogens is 635 g/mol. The molecule has 0 saturated carbocycles. The van der Waals surface area contributed by atoms with Crippen molar-refractivity contribution in [2.45, 2.75) is 38.5 Å². The molecule has 18 heteroatoms. The first-order valence-electron chi connectivity index (χ1n) is 16.2. The van der Waals surface area contributed by atoms with Crippen LogP contribution < -0.4 is 0 Å². The number of rotatable bonds is 2. The lowest BCUT2D eigenvalue weighted by molar-refractivity contribution is 0.000869. The number of hydrogen-bond acceptors (Lipinski definition) is 15. The van der Waals surface area contributed by atoms with Crippen molar-refractivity contribution < 1.29 is 46.5 Å². The summed E-state index contributed by atoms with van der Waals surface area (Å²) in [5.74, 6) is 0. The van der Waals surface area contributed by atoms with Gasteiger partial charge in [-0.3, -0.25) is 0 Å². The molecule has 0 aliphatic carbocycles. The molecule has 0 amide bonds. The number of nitrogens with zero attached hydrogens (tertiary/aromatic N) is 5. The highest BCUT2D eigenvalue weighted by molar-refractivity contribution is 7.79. The minimum atomic E-state index is -3.33. The molecule has 1 spiro atoms. The monoisotopic (exact) mass is 687 g/mol. The third-order valence-electron chi connectivity index (χ3n) is 7.54. The van der Waals surface area contributed by atoms with E-state index < -0.39 is 22.8 Å². The van der Waals surface area contributed by atoms with Crippen LogP contribution in [-0.4, -0.2) is 141 Å². The largest absolute Gasteiger partial charge is 0.377 e. The lowest BCUT2D eigenvalue weighted by atomic mass is 10.2. The van der Waals surface area contributed by atoms with Crippen LogP contribution in [0.4, 0.5) is 0 Å². The van der Waals surface area contributed by atoms with Crippen LogP contribution in [0.25, 0.3) is 0 Å².